The van der Waals surface area contributed by atoms with Crippen LogP contribution in [0.1, 0.15) is 25.5 Å². The van der Waals surface area contributed by atoms with Crippen LogP contribution in [0.15, 0.2) is 22.7 Å². The van der Waals surface area contributed by atoms with E-state index in [1.165, 1.54) is 6.07 Å². The quantitative estimate of drug-likeness (QED) is 0.850. The van der Waals surface area contributed by atoms with Crippen LogP contribution in [0.25, 0.3) is 0 Å². The van der Waals surface area contributed by atoms with E-state index in [2.05, 4.69) is 21.2 Å². The van der Waals surface area contributed by atoms with Crippen molar-refractivity contribution in [1.29, 1.82) is 0 Å². The van der Waals surface area contributed by atoms with E-state index in [1.54, 1.807) is 19.1 Å². The van der Waals surface area contributed by atoms with Gasteiger partial charge in [0, 0.05) is 0 Å². The minimum Gasteiger partial charge on any atom is -0.465 e. The maximum absolute atomic E-state index is 13.1. The lowest BCUT2D eigenvalue weighted by Gasteiger charge is -2.17. The smallest absolute Gasteiger partial charge is 0.327 e. The number of hydrogen-bond donors (Lipinski definition) is 1. The maximum atomic E-state index is 13.1. The lowest BCUT2D eigenvalue weighted by atomic mass is 10.1. The molecule has 0 aliphatic heterocycles. The molecule has 0 aliphatic carbocycles. The standard InChI is InChI=1S/C12H15BrFNO2/c1-3-15-11(12(16)17-4-2)8-5-6-10(14)9(13)7-8/h5-7,11,15H,3-4H2,1-2H3. The van der Waals surface area contributed by atoms with Crippen molar-refractivity contribution in [3.05, 3.63) is 34.1 Å². The zero-order chi connectivity index (χ0) is 12.8. The van der Waals surface area contributed by atoms with Crippen molar-refractivity contribution < 1.29 is 13.9 Å². The molecule has 1 aromatic carbocycles. The second-order valence-electron chi connectivity index (χ2n) is 3.42. The van der Waals surface area contributed by atoms with Crippen molar-refractivity contribution in [2.45, 2.75) is 19.9 Å². The third-order valence-corrected chi connectivity index (χ3v) is 2.82. The van der Waals surface area contributed by atoms with Gasteiger partial charge in [0.1, 0.15) is 11.9 Å². The number of carbonyl (C=O) groups excluding carboxylic acids is 1. The molecule has 0 heterocycles. The Labute approximate surface area is 108 Å². The van der Waals surface area contributed by atoms with E-state index in [0.29, 0.717) is 23.2 Å². The first-order valence-corrected chi connectivity index (χ1v) is 6.24. The average molecular weight is 304 g/mol. The summed E-state index contributed by atoms with van der Waals surface area (Å²) in [6.07, 6.45) is 0. The van der Waals surface area contributed by atoms with Gasteiger partial charge in [0.2, 0.25) is 0 Å². The molecule has 0 aromatic heterocycles. The highest BCUT2D eigenvalue weighted by Crippen LogP contribution is 2.22. The third-order valence-electron chi connectivity index (χ3n) is 2.21. The van der Waals surface area contributed by atoms with Gasteiger partial charge in [-0.05, 0) is 47.1 Å². The Morgan fingerprint density at radius 1 is 1.53 bits per heavy atom. The number of ether oxygens (including phenoxy) is 1. The topological polar surface area (TPSA) is 38.3 Å². The van der Waals surface area contributed by atoms with Crippen molar-refractivity contribution in [2.24, 2.45) is 0 Å². The number of halogens is 2. The van der Waals surface area contributed by atoms with Gasteiger partial charge < -0.3 is 10.1 Å². The van der Waals surface area contributed by atoms with Gasteiger partial charge >= 0.3 is 5.97 Å². The van der Waals surface area contributed by atoms with Crippen LogP contribution in [-0.2, 0) is 9.53 Å². The molecule has 0 amide bonds. The number of benzene rings is 1. The van der Waals surface area contributed by atoms with Gasteiger partial charge in [-0.25, -0.2) is 9.18 Å². The molecule has 0 saturated carbocycles. The Bertz CT molecular complexity index is 398. The molecule has 0 bridgehead atoms. The van der Waals surface area contributed by atoms with Gasteiger partial charge in [-0.1, -0.05) is 13.0 Å². The Morgan fingerprint density at radius 3 is 2.76 bits per heavy atom. The van der Waals surface area contributed by atoms with Crippen molar-refractivity contribution in [3.8, 4) is 0 Å². The fraction of sp³-hybridized carbons (Fsp3) is 0.417. The minimum absolute atomic E-state index is 0.323. The predicted octanol–water partition coefficient (Wildman–Crippen LogP) is 2.80. The Balaban J connectivity index is 2.96. The number of likely N-dealkylation sites (N-methyl/N-ethyl adjacent to an activating group) is 1. The molecule has 1 rings (SSSR count). The van der Waals surface area contributed by atoms with E-state index in [-0.39, 0.29) is 11.8 Å². The van der Waals surface area contributed by atoms with Crippen LogP contribution in [0.4, 0.5) is 4.39 Å². The predicted molar refractivity (Wildman–Crippen MR) is 67.2 cm³/mol. The molecule has 1 aromatic rings. The van der Waals surface area contributed by atoms with E-state index in [1.807, 2.05) is 6.92 Å². The highest BCUT2D eigenvalue weighted by Gasteiger charge is 2.21. The van der Waals surface area contributed by atoms with E-state index in [9.17, 15) is 9.18 Å². The summed E-state index contributed by atoms with van der Waals surface area (Å²) < 4.78 is 18.4. The molecule has 1 unspecified atom stereocenters. The summed E-state index contributed by atoms with van der Waals surface area (Å²) in [4.78, 5) is 11.7. The molecule has 0 saturated heterocycles. The first-order valence-electron chi connectivity index (χ1n) is 5.45. The molecule has 1 N–H and O–H groups in total. The lowest BCUT2D eigenvalue weighted by Crippen LogP contribution is -2.30. The number of nitrogens with one attached hydrogen (secondary N) is 1. The number of rotatable bonds is 5. The van der Waals surface area contributed by atoms with Crippen LogP contribution in [0, 0.1) is 5.82 Å². The van der Waals surface area contributed by atoms with Crippen molar-refractivity contribution >= 4 is 21.9 Å². The number of esters is 1. The molecular formula is C12H15BrFNO2. The summed E-state index contributed by atoms with van der Waals surface area (Å²) in [6, 6.07) is 3.92. The second kappa shape index (κ2) is 6.71. The second-order valence-corrected chi connectivity index (χ2v) is 4.27. The SMILES string of the molecule is CCNC(C(=O)OCC)c1ccc(F)c(Br)c1. The molecule has 0 spiro atoms. The van der Waals surface area contributed by atoms with Gasteiger partial charge in [0.05, 0.1) is 11.1 Å². The normalized spacial score (nSPS) is 12.2. The molecule has 0 fully saturated rings. The monoisotopic (exact) mass is 303 g/mol. The summed E-state index contributed by atoms with van der Waals surface area (Å²) in [5, 5.41) is 3.01. The van der Waals surface area contributed by atoms with Crippen LogP contribution < -0.4 is 5.32 Å². The fourth-order valence-corrected chi connectivity index (χ4v) is 1.86. The number of carbonyl (C=O) groups is 1. The van der Waals surface area contributed by atoms with Crippen LogP contribution in [-0.4, -0.2) is 19.1 Å². The zero-order valence-corrected chi connectivity index (χ0v) is 11.4. The van der Waals surface area contributed by atoms with E-state index < -0.39 is 6.04 Å². The molecule has 3 nitrogen and oxygen atoms in total. The minimum atomic E-state index is -0.558. The van der Waals surface area contributed by atoms with Crippen LogP contribution in [0.5, 0.6) is 0 Å². The molecule has 17 heavy (non-hydrogen) atoms. The molecule has 0 aliphatic rings. The van der Waals surface area contributed by atoms with Crippen LogP contribution in [0.2, 0.25) is 0 Å². The van der Waals surface area contributed by atoms with Gasteiger partial charge in [-0.2, -0.15) is 0 Å². The first-order chi connectivity index (χ1) is 8.10. The van der Waals surface area contributed by atoms with Crippen molar-refractivity contribution in [2.75, 3.05) is 13.2 Å². The Morgan fingerprint density at radius 2 is 2.24 bits per heavy atom. The average Bonchev–Trinajstić information content (AvgIpc) is 2.30. The first kappa shape index (κ1) is 14.1. The summed E-state index contributed by atoms with van der Waals surface area (Å²) in [5.41, 5.74) is 0.679. The molecule has 0 radical (unpaired) electrons. The van der Waals surface area contributed by atoms with Crippen molar-refractivity contribution in [1.82, 2.24) is 5.32 Å². The van der Waals surface area contributed by atoms with E-state index in [0.717, 1.165) is 0 Å². The van der Waals surface area contributed by atoms with Crippen LogP contribution >= 0.6 is 15.9 Å². The van der Waals surface area contributed by atoms with Gasteiger partial charge in [-0.3, -0.25) is 0 Å². The van der Waals surface area contributed by atoms with Gasteiger partial charge in [0.15, 0.2) is 0 Å². The lowest BCUT2D eigenvalue weighted by molar-refractivity contribution is -0.145. The Kier molecular flexibility index (Phi) is 5.58. The van der Waals surface area contributed by atoms with Gasteiger partial charge in [-0.15, -0.1) is 0 Å². The zero-order valence-electron chi connectivity index (χ0n) is 9.80. The van der Waals surface area contributed by atoms with Gasteiger partial charge in [0.25, 0.3) is 0 Å². The Hall–Kier alpha value is -0.940. The summed E-state index contributed by atoms with van der Waals surface area (Å²) in [7, 11) is 0. The molecule has 5 heteroatoms. The number of hydrogen-bond acceptors (Lipinski definition) is 3. The fourth-order valence-electron chi connectivity index (χ4n) is 1.46. The van der Waals surface area contributed by atoms with E-state index >= 15 is 0 Å². The summed E-state index contributed by atoms with van der Waals surface area (Å²) >= 11 is 3.10. The summed E-state index contributed by atoms with van der Waals surface area (Å²) in [5.74, 6) is -0.708. The highest BCUT2D eigenvalue weighted by atomic mass is 79.9. The third kappa shape index (κ3) is 3.78. The molecule has 1 atom stereocenters. The molecular weight excluding hydrogens is 289 g/mol. The highest BCUT2D eigenvalue weighted by molar-refractivity contribution is 9.10. The molecule has 94 valence electrons. The van der Waals surface area contributed by atoms with Crippen LogP contribution in [0.3, 0.4) is 0 Å². The largest absolute Gasteiger partial charge is 0.465 e. The maximum Gasteiger partial charge on any atom is 0.327 e. The van der Waals surface area contributed by atoms with Crippen molar-refractivity contribution in [3.63, 3.8) is 0 Å². The summed E-state index contributed by atoms with van der Waals surface area (Å²) in [6.45, 7) is 4.59. The van der Waals surface area contributed by atoms with E-state index in [4.69, 9.17) is 4.74 Å².